The fourth-order valence-corrected chi connectivity index (χ4v) is 2.18. The average Bonchev–Trinajstić information content (AvgIpc) is 2.64. The van der Waals surface area contributed by atoms with E-state index >= 15 is 0 Å². The molecule has 0 amide bonds. The van der Waals surface area contributed by atoms with Crippen LogP contribution in [0, 0.1) is 0 Å². The minimum absolute atomic E-state index is 0.0845. The molecule has 6 heteroatoms. The summed E-state index contributed by atoms with van der Waals surface area (Å²) in [6.07, 6.45) is 3.54. The molecule has 0 aliphatic rings. The Bertz CT molecular complexity index is 780. The van der Waals surface area contributed by atoms with Crippen molar-refractivity contribution < 1.29 is 28.9 Å². The number of aliphatic carboxylic acids is 1. The highest BCUT2D eigenvalue weighted by atomic mass is 16.5. The molecular formula is C19H18O6. The Kier molecular flexibility index (Phi) is 6.17. The predicted octanol–water partition coefficient (Wildman–Crippen LogP) is 3.12. The number of carboxylic acid groups (broad SMARTS) is 1. The van der Waals surface area contributed by atoms with Crippen LogP contribution in [0.2, 0.25) is 0 Å². The van der Waals surface area contributed by atoms with Crippen molar-refractivity contribution in [2.75, 3.05) is 20.8 Å². The smallest absolute Gasteiger partial charge is 0.342 e. The van der Waals surface area contributed by atoms with Crippen LogP contribution in [0.15, 0.2) is 42.5 Å². The SMILES string of the molecule is COC(=O)c1c(/C=C/c2ccccc2)cc(OC)cc1OCC(=O)O. The highest BCUT2D eigenvalue weighted by Gasteiger charge is 2.20. The van der Waals surface area contributed by atoms with Gasteiger partial charge in [0.2, 0.25) is 0 Å². The molecule has 0 aliphatic heterocycles. The molecule has 0 heterocycles. The molecule has 130 valence electrons. The van der Waals surface area contributed by atoms with E-state index in [1.165, 1.54) is 20.3 Å². The maximum atomic E-state index is 12.2. The van der Waals surface area contributed by atoms with Crippen LogP contribution in [0.4, 0.5) is 0 Å². The Labute approximate surface area is 145 Å². The maximum absolute atomic E-state index is 12.2. The average molecular weight is 342 g/mol. The molecule has 0 saturated heterocycles. The van der Waals surface area contributed by atoms with Crippen molar-refractivity contribution in [1.29, 1.82) is 0 Å². The first-order chi connectivity index (χ1) is 12.0. The lowest BCUT2D eigenvalue weighted by molar-refractivity contribution is -0.139. The molecule has 0 bridgehead atoms. The summed E-state index contributed by atoms with van der Waals surface area (Å²) in [7, 11) is 2.72. The molecule has 1 N–H and O–H groups in total. The second-order valence-corrected chi connectivity index (χ2v) is 5.01. The van der Waals surface area contributed by atoms with Crippen molar-refractivity contribution >= 4 is 24.1 Å². The number of esters is 1. The Balaban J connectivity index is 2.51. The second kappa shape index (κ2) is 8.54. The molecule has 0 spiro atoms. The van der Waals surface area contributed by atoms with Crippen molar-refractivity contribution in [2.24, 2.45) is 0 Å². The minimum atomic E-state index is -1.15. The van der Waals surface area contributed by atoms with E-state index in [1.807, 2.05) is 36.4 Å². The van der Waals surface area contributed by atoms with Crippen LogP contribution in [-0.4, -0.2) is 37.9 Å². The number of rotatable bonds is 7. The van der Waals surface area contributed by atoms with Crippen molar-refractivity contribution in [3.63, 3.8) is 0 Å². The lowest BCUT2D eigenvalue weighted by Gasteiger charge is -2.13. The molecule has 0 aliphatic carbocycles. The third kappa shape index (κ3) is 4.84. The highest BCUT2D eigenvalue weighted by molar-refractivity contribution is 5.98. The fraction of sp³-hybridized carbons (Fsp3) is 0.158. The number of methoxy groups -OCH3 is 2. The van der Waals surface area contributed by atoms with Gasteiger partial charge in [0.15, 0.2) is 6.61 Å². The van der Waals surface area contributed by atoms with Gasteiger partial charge in [0.25, 0.3) is 0 Å². The maximum Gasteiger partial charge on any atom is 0.342 e. The highest BCUT2D eigenvalue weighted by Crippen LogP contribution is 2.31. The van der Waals surface area contributed by atoms with Gasteiger partial charge in [-0.15, -0.1) is 0 Å². The third-order valence-electron chi connectivity index (χ3n) is 3.34. The first-order valence-electron chi connectivity index (χ1n) is 7.43. The van der Waals surface area contributed by atoms with Crippen molar-refractivity contribution in [3.8, 4) is 11.5 Å². The molecule has 0 radical (unpaired) electrons. The van der Waals surface area contributed by atoms with Crippen LogP contribution >= 0.6 is 0 Å². The number of carbonyl (C=O) groups is 2. The lowest BCUT2D eigenvalue weighted by atomic mass is 10.0. The van der Waals surface area contributed by atoms with E-state index in [2.05, 4.69) is 0 Å². The largest absolute Gasteiger partial charge is 0.497 e. The number of ether oxygens (including phenoxy) is 3. The van der Waals surface area contributed by atoms with Gasteiger partial charge in [-0.3, -0.25) is 0 Å². The summed E-state index contributed by atoms with van der Waals surface area (Å²) in [6.45, 7) is -0.584. The second-order valence-electron chi connectivity index (χ2n) is 5.01. The van der Waals surface area contributed by atoms with Gasteiger partial charge in [-0.1, -0.05) is 42.5 Å². The summed E-state index contributed by atoms with van der Waals surface area (Å²) in [5.41, 5.74) is 1.57. The number of carboxylic acids is 1. The van der Waals surface area contributed by atoms with Crippen LogP contribution in [-0.2, 0) is 9.53 Å². The van der Waals surface area contributed by atoms with Crippen LogP contribution < -0.4 is 9.47 Å². The van der Waals surface area contributed by atoms with E-state index in [0.29, 0.717) is 11.3 Å². The molecule has 2 aromatic carbocycles. The summed E-state index contributed by atoms with van der Waals surface area (Å²) in [6, 6.07) is 12.6. The van der Waals surface area contributed by atoms with Crippen LogP contribution in [0.5, 0.6) is 11.5 Å². The van der Waals surface area contributed by atoms with Gasteiger partial charge in [-0.25, -0.2) is 9.59 Å². The molecule has 2 rings (SSSR count). The van der Waals surface area contributed by atoms with E-state index in [0.717, 1.165) is 5.56 Å². The molecular weight excluding hydrogens is 324 g/mol. The Morgan fingerprint density at radius 3 is 2.40 bits per heavy atom. The predicted molar refractivity (Wildman–Crippen MR) is 92.8 cm³/mol. The summed E-state index contributed by atoms with van der Waals surface area (Å²) < 4.78 is 15.3. The van der Waals surface area contributed by atoms with E-state index in [1.54, 1.807) is 12.1 Å². The third-order valence-corrected chi connectivity index (χ3v) is 3.34. The number of carbonyl (C=O) groups excluding carboxylic acids is 1. The molecule has 0 saturated carbocycles. The van der Waals surface area contributed by atoms with Crippen molar-refractivity contribution in [1.82, 2.24) is 0 Å². The summed E-state index contributed by atoms with van der Waals surface area (Å²) in [5.74, 6) is -1.27. The van der Waals surface area contributed by atoms with Gasteiger partial charge in [0.05, 0.1) is 14.2 Å². The molecule has 25 heavy (non-hydrogen) atoms. The van der Waals surface area contributed by atoms with Crippen LogP contribution in [0.25, 0.3) is 12.2 Å². The Morgan fingerprint density at radius 1 is 1.08 bits per heavy atom. The zero-order chi connectivity index (χ0) is 18.2. The van der Waals surface area contributed by atoms with Gasteiger partial charge >= 0.3 is 11.9 Å². The molecule has 2 aromatic rings. The monoisotopic (exact) mass is 342 g/mol. The molecule has 0 fully saturated rings. The molecule has 0 atom stereocenters. The van der Waals surface area contributed by atoms with Gasteiger partial charge in [-0.2, -0.15) is 0 Å². The van der Waals surface area contributed by atoms with Gasteiger partial charge < -0.3 is 19.3 Å². The summed E-state index contributed by atoms with van der Waals surface area (Å²) >= 11 is 0. The standard InChI is InChI=1S/C19H18O6/c1-23-15-10-14(9-8-13-6-4-3-5-7-13)18(19(22)24-2)16(11-15)25-12-17(20)21/h3-11H,12H2,1-2H3,(H,20,21)/b9-8+. The summed E-state index contributed by atoms with van der Waals surface area (Å²) in [5, 5.41) is 8.82. The fourth-order valence-electron chi connectivity index (χ4n) is 2.18. The van der Waals surface area contributed by atoms with Crippen molar-refractivity contribution in [3.05, 3.63) is 59.2 Å². The topological polar surface area (TPSA) is 82.1 Å². The lowest BCUT2D eigenvalue weighted by Crippen LogP contribution is -2.14. The first-order valence-corrected chi connectivity index (χ1v) is 7.43. The van der Waals surface area contributed by atoms with E-state index in [-0.39, 0.29) is 11.3 Å². The Morgan fingerprint density at radius 2 is 1.80 bits per heavy atom. The number of hydrogen-bond donors (Lipinski definition) is 1. The van der Waals surface area contributed by atoms with Crippen molar-refractivity contribution in [2.45, 2.75) is 0 Å². The van der Waals surface area contributed by atoms with Crippen LogP contribution in [0.3, 0.4) is 0 Å². The number of hydrogen-bond acceptors (Lipinski definition) is 5. The van der Waals surface area contributed by atoms with Crippen LogP contribution in [0.1, 0.15) is 21.5 Å². The normalized spacial score (nSPS) is 10.5. The first kappa shape index (κ1) is 18.1. The molecule has 0 aromatic heterocycles. The van der Waals surface area contributed by atoms with E-state index < -0.39 is 18.5 Å². The zero-order valence-electron chi connectivity index (χ0n) is 13.9. The van der Waals surface area contributed by atoms with Gasteiger partial charge in [0.1, 0.15) is 17.1 Å². The van der Waals surface area contributed by atoms with E-state index in [4.69, 9.17) is 19.3 Å². The van der Waals surface area contributed by atoms with Gasteiger partial charge in [0, 0.05) is 6.07 Å². The van der Waals surface area contributed by atoms with Gasteiger partial charge in [-0.05, 0) is 17.2 Å². The van der Waals surface area contributed by atoms with E-state index in [9.17, 15) is 9.59 Å². The minimum Gasteiger partial charge on any atom is -0.497 e. The number of benzene rings is 2. The Hall–Kier alpha value is -3.28. The molecule has 6 nitrogen and oxygen atoms in total. The zero-order valence-corrected chi connectivity index (χ0v) is 13.9. The summed E-state index contributed by atoms with van der Waals surface area (Å²) in [4.78, 5) is 23.0. The quantitative estimate of drug-likeness (QED) is 0.615. The molecule has 0 unspecified atom stereocenters.